The number of para-hydroxylation sites is 1. The van der Waals surface area contributed by atoms with Gasteiger partial charge in [0.05, 0.1) is 15.1 Å². The molecule has 0 aliphatic heterocycles. The first-order valence-electron chi connectivity index (χ1n) is 9.60. The third-order valence-electron chi connectivity index (χ3n) is 5.03. The molecule has 0 saturated carbocycles. The fraction of sp³-hybridized carbons (Fsp3) is 0.333. The summed E-state index contributed by atoms with van der Waals surface area (Å²) in [6, 6.07) is 12.4. The predicted molar refractivity (Wildman–Crippen MR) is 117 cm³/mol. The highest BCUT2D eigenvalue weighted by molar-refractivity contribution is 7.22. The van der Waals surface area contributed by atoms with E-state index in [0.29, 0.717) is 29.3 Å². The molecular weight excluding hydrogens is 388 g/mol. The van der Waals surface area contributed by atoms with E-state index in [1.807, 2.05) is 24.3 Å². The summed E-state index contributed by atoms with van der Waals surface area (Å²) in [4.78, 5) is 32.8. The molecule has 0 saturated heterocycles. The first-order valence-corrected chi connectivity index (χ1v) is 10.4. The van der Waals surface area contributed by atoms with Gasteiger partial charge in [-0.25, -0.2) is 4.98 Å². The van der Waals surface area contributed by atoms with Gasteiger partial charge >= 0.3 is 0 Å². The van der Waals surface area contributed by atoms with Gasteiger partial charge in [-0.3, -0.25) is 19.8 Å². The van der Waals surface area contributed by atoms with Gasteiger partial charge in [0, 0.05) is 30.3 Å². The van der Waals surface area contributed by atoms with Crippen molar-refractivity contribution < 1.29 is 9.72 Å². The van der Waals surface area contributed by atoms with Crippen LogP contribution in [0.2, 0.25) is 0 Å². The average molecular weight is 413 g/mol. The number of fused-ring (bicyclic) bond motifs is 1. The summed E-state index contributed by atoms with van der Waals surface area (Å²) in [5.74, 6) is -0.266. The van der Waals surface area contributed by atoms with Crippen LogP contribution in [-0.2, 0) is 0 Å². The normalized spacial score (nSPS) is 11.2. The standard InChI is InChI=1S/C21H24N4O3S/c1-4-23(5-2)13-14-24(21-22-17-10-6-7-12-19(17)29-21)20(26)16-9-8-11-18(15(16)3)25(27)28/h6-12H,4-5,13-14H2,1-3H3. The maximum Gasteiger partial charge on any atom is 0.273 e. The van der Waals surface area contributed by atoms with Crippen molar-refractivity contribution in [2.45, 2.75) is 20.8 Å². The van der Waals surface area contributed by atoms with Crippen molar-refractivity contribution in [2.75, 3.05) is 31.1 Å². The molecule has 7 nitrogen and oxygen atoms in total. The molecule has 0 aliphatic rings. The third kappa shape index (κ3) is 4.44. The largest absolute Gasteiger partial charge is 0.302 e. The Balaban J connectivity index is 2.01. The smallest absolute Gasteiger partial charge is 0.273 e. The number of carbonyl (C=O) groups is 1. The summed E-state index contributed by atoms with van der Waals surface area (Å²) < 4.78 is 0.999. The number of thiazole rings is 1. The van der Waals surface area contributed by atoms with E-state index in [1.165, 1.54) is 17.4 Å². The molecule has 0 radical (unpaired) electrons. The molecule has 0 bridgehead atoms. The first kappa shape index (κ1) is 20.9. The Kier molecular flexibility index (Phi) is 6.56. The van der Waals surface area contributed by atoms with E-state index < -0.39 is 4.92 Å². The zero-order valence-corrected chi connectivity index (χ0v) is 17.6. The van der Waals surface area contributed by atoms with Crippen molar-refractivity contribution in [3.8, 4) is 0 Å². The Morgan fingerprint density at radius 2 is 1.83 bits per heavy atom. The van der Waals surface area contributed by atoms with Crippen molar-refractivity contribution in [1.82, 2.24) is 9.88 Å². The number of anilines is 1. The SMILES string of the molecule is CCN(CC)CCN(C(=O)c1cccc([N+](=O)[O-])c1C)c1nc2ccccc2s1. The second-order valence-electron chi connectivity index (χ2n) is 6.65. The molecular formula is C21H24N4O3S. The molecule has 152 valence electrons. The number of likely N-dealkylation sites (N-methyl/N-ethyl adjacent to an activating group) is 1. The summed E-state index contributed by atoms with van der Waals surface area (Å²) in [5.41, 5.74) is 1.49. The molecule has 1 aromatic heterocycles. The Morgan fingerprint density at radius 1 is 1.10 bits per heavy atom. The van der Waals surface area contributed by atoms with E-state index in [4.69, 9.17) is 0 Å². The number of aromatic nitrogens is 1. The Hall–Kier alpha value is -2.84. The quantitative estimate of drug-likeness (QED) is 0.402. The molecule has 0 spiro atoms. The van der Waals surface area contributed by atoms with Crippen LogP contribution in [0.4, 0.5) is 10.8 Å². The summed E-state index contributed by atoms with van der Waals surface area (Å²) in [7, 11) is 0. The van der Waals surface area contributed by atoms with Gasteiger partial charge in [-0.2, -0.15) is 0 Å². The van der Waals surface area contributed by atoms with Crippen LogP contribution in [-0.4, -0.2) is 46.9 Å². The Bertz CT molecular complexity index is 997. The molecule has 3 rings (SSSR count). The van der Waals surface area contributed by atoms with Crippen molar-refractivity contribution in [1.29, 1.82) is 0 Å². The number of nitrogens with zero attached hydrogens (tertiary/aromatic N) is 4. The molecule has 0 atom stereocenters. The molecule has 29 heavy (non-hydrogen) atoms. The highest BCUT2D eigenvalue weighted by atomic mass is 32.1. The lowest BCUT2D eigenvalue weighted by atomic mass is 10.1. The Labute approximate surface area is 173 Å². The Morgan fingerprint density at radius 3 is 2.48 bits per heavy atom. The van der Waals surface area contributed by atoms with Crippen LogP contribution in [0.15, 0.2) is 42.5 Å². The zero-order valence-electron chi connectivity index (χ0n) is 16.8. The van der Waals surface area contributed by atoms with Crippen LogP contribution in [0.1, 0.15) is 29.8 Å². The van der Waals surface area contributed by atoms with Gasteiger partial charge in [0.1, 0.15) is 0 Å². The van der Waals surface area contributed by atoms with Crippen LogP contribution < -0.4 is 4.90 Å². The number of benzene rings is 2. The number of rotatable bonds is 8. The fourth-order valence-corrected chi connectivity index (χ4v) is 4.23. The minimum atomic E-state index is -0.454. The summed E-state index contributed by atoms with van der Waals surface area (Å²) in [5, 5.41) is 11.9. The van der Waals surface area contributed by atoms with Gasteiger partial charge in [-0.1, -0.05) is 43.4 Å². The van der Waals surface area contributed by atoms with Crippen LogP contribution in [0.25, 0.3) is 10.2 Å². The van der Waals surface area contributed by atoms with Crippen LogP contribution in [0.3, 0.4) is 0 Å². The monoisotopic (exact) mass is 412 g/mol. The van der Waals surface area contributed by atoms with E-state index in [-0.39, 0.29) is 11.6 Å². The lowest BCUT2D eigenvalue weighted by Crippen LogP contribution is -2.39. The minimum absolute atomic E-state index is 0.0520. The molecule has 1 heterocycles. The maximum absolute atomic E-state index is 13.5. The van der Waals surface area contributed by atoms with Gasteiger partial charge in [-0.15, -0.1) is 0 Å². The molecule has 0 unspecified atom stereocenters. The topological polar surface area (TPSA) is 79.6 Å². The number of nitro benzene ring substituents is 1. The van der Waals surface area contributed by atoms with Crippen molar-refractivity contribution in [3.05, 3.63) is 63.7 Å². The first-order chi connectivity index (χ1) is 14.0. The fourth-order valence-electron chi connectivity index (χ4n) is 3.24. The minimum Gasteiger partial charge on any atom is -0.302 e. The highest BCUT2D eigenvalue weighted by Gasteiger charge is 2.26. The van der Waals surface area contributed by atoms with Gasteiger partial charge < -0.3 is 4.90 Å². The maximum atomic E-state index is 13.5. The number of nitro groups is 1. The third-order valence-corrected chi connectivity index (χ3v) is 6.08. The van der Waals surface area contributed by atoms with Crippen molar-refractivity contribution in [3.63, 3.8) is 0 Å². The molecule has 0 aliphatic carbocycles. The van der Waals surface area contributed by atoms with Crippen LogP contribution in [0.5, 0.6) is 0 Å². The molecule has 0 fully saturated rings. The molecule has 8 heteroatoms. The number of amides is 1. The average Bonchev–Trinajstić information content (AvgIpc) is 3.14. The summed E-state index contributed by atoms with van der Waals surface area (Å²) >= 11 is 1.45. The second kappa shape index (κ2) is 9.11. The number of hydrogen-bond donors (Lipinski definition) is 0. The van der Waals surface area contributed by atoms with E-state index in [9.17, 15) is 14.9 Å². The lowest BCUT2D eigenvalue weighted by Gasteiger charge is -2.25. The molecule has 1 amide bonds. The number of hydrogen-bond acceptors (Lipinski definition) is 6. The highest BCUT2D eigenvalue weighted by Crippen LogP contribution is 2.31. The van der Waals surface area contributed by atoms with Gasteiger partial charge in [-0.05, 0) is 38.2 Å². The van der Waals surface area contributed by atoms with E-state index in [1.54, 1.807) is 24.0 Å². The van der Waals surface area contributed by atoms with E-state index in [2.05, 4.69) is 23.7 Å². The van der Waals surface area contributed by atoms with Gasteiger partial charge in [0.15, 0.2) is 5.13 Å². The molecule has 0 N–H and O–H groups in total. The second-order valence-corrected chi connectivity index (χ2v) is 7.66. The van der Waals surface area contributed by atoms with E-state index in [0.717, 1.165) is 23.3 Å². The summed E-state index contributed by atoms with van der Waals surface area (Å²) in [6.45, 7) is 8.70. The van der Waals surface area contributed by atoms with Crippen molar-refractivity contribution in [2.24, 2.45) is 0 Å². The summed E-state index contributed by atoms with van der Waals surface area (Å²) in [6.07, 6.45) is 0. The van der Waals surface area contributed by atoms with Gasteiger partial charge in [0.2, 0.25) is 0 Å². The lowest BCUT2D eigenvalue weighted by molar-refractivity contribution is -0.385. The predicted octanol–water partition coefficient (Wildman–Crippen LogP) is 4.50. The number of carbonyl (C=O) groups excluding carboxylic acids is 1. The molecule has 3 aromatic rings. The van der Waals surface area contributed by atoms with Crippen molar-refractivity contribution >= 4 is 38.3 Å². The zero-order chi connectivity index (χ0) is 21.0. The van der Waals surface area contributed by atoms with Crippen LogP contribution >= 0.6 is 11.3 Å². The van der Waals surface area contributed by atoms with Crippen LogP contribution in [0, 0.1) is 17.0 Å². The van der Waals surface area contributed by atoms with E-state index >= 15 is 0 Å². The molecule has 2 aromatic carbocycles. The van der Waals surface area contributed by atoms with Gasteiger partial charge in [0.25, 0.3) is 11.6 Å².